The molecule has 2 aromatic rings. The first kappa shape index (κ1) is 17.4. The van der Waals surface area contributed by atoms with Gasteiger partial charge in [0.25, 0.3) is 0 Å². The van der Waals surface area contributed by atoms with Crippen molar-refractivity contribution in [1.82, 2.24) is 19.9 Å². The molecule has 140 valence electrons. The summed E-state index contributed by atoms with van der Waals surface area (Å²) in [6.45, 7) is 9.97. The number of nitrogens with zero attached hydrogens (tertiary/aromatic N) is 4. The van der Waals surface area contributed by atoms with E-state index in [0.717, 1.165) is 42.9 Å². The Balaban J connectivity index is 1.38. The normalized spacial score (nSPS) is 20.1. The van der Waals surface area contributed by atoms with E-state index < -0.39 is 0 Å². The summed E-state index contributed by atoms with van der Waals surface area (Å²) < 4.78 is 5.53. The fourth-order valence-electron chi connectivity index (χ4n) is 4.35. The first-order valence-corrected chi connectivity index (χ1v) is 9.50. The number of anilines is 2. The molecule has 0 radical (unpaired) electrons. The van der Waals surface area contributed by atoms with Crippen molar-refractivity contribution >= 4 is 22.8 Å². The molecule has 0 amide bonds. The number of fused-ring (bicyclic) bond motifs is 1. The van der Waals surface area contributed by atoms with Gasteiger partial charge in [-0.15, -0.1) is 0 Å². The quantitative estimate of drug-likeness (QED) is 0.867. The van der Waals surface area contributed by atoms with E-state index in [4.69, 9.17) is 10.5 Å². The minimum Gasteiger partial charge on any atom is -0.383 e. The molecule has 2 aliphatic heterocycles. The van der Waals surface area contributed by atoms with Crippen LogP contribution in [0.2, 0.25) is 0 Å². The van der Waals surface area contributed by atoms with Gasteiger partial charge in [0.05, 0.1) is 5.39 Å². The standard InChI is InChI=1S/C19H28N6O/c1-13-11-14(2)22-17-15(13)16(20)23-18(24-17)21-6-8-25-7-3-19(12-25)4-9-26-10-5-19/h11H,3-10,12H2,1-2H3,(H3,20,21,22,23,24). The van der Waals surface area contributed by atoms with Gasteiger partial charge in [-0.1, -0.05) is 0 Å². The molecule has 2 aromatic heterocycles. The number of hydrogen-bond donors (Lipinski definition) is 2. The zero-order valence-corrected chi connectivity index (χ0v) is 15.7. The lowest BCUT2D eigenvalue weighted by Crippen LogP contribution is -2.34. The van der Waals surface area contributed by atoms with E-state index in [-0.39, 0.29) is 0 Å². The van der Waals surface area contributed by atoms with E-state index in [1.807, 2.05) is 19.9 Å². The van der Waals surface area contributed by atoms with Gasteiger partial charge in [0.2, 0.25) is 5.95 Å². The minimum atomic E-state index is 0.487. The monoisotopic (exact) mass is 356 g/mol. The lowest BCUT2D eigenvalue weighted by molar-refractivity contribution is 0.0196. The summed E-state index contributed by atoms with van der Waals surface area (Å²) in [5.41, 5.74) is 9.30. The van der Waals surface area contributed by atoms with Crippen LogP contribution < -0.4 is 11.1 Å². The minimum absolute atomic E-state index is 0.487. The molecule has 0 aliphatic carbocycles. The van der Waals surface area contributed by atoms with E-state index >= 15 is 0 Å². The number of hydrogen-bond acceptors (Lipinski definition) is 7. The zero-order valence-electron chi connectivity index (χ0n) is 15.7. The van der Waals surface area contributed by atoms with Gasteiger partial charge in [0.1, 0.15) is 5.82 Å². The maximum absolute atomic E-state index is 6.14. The van der Waals surface area contributed by atoms with Gasteiger partial charge in [-0.2, -0.15) is 9.97 Å². The highest BCUT2D eigenvalue weighted by Crippen LogP contribution is 2.39. The molecular weight excluding hydrogens is 328 g/mol. The van der Waals surface area contributed by atoms with Crippen LogP contribution in [0.5, 0.6) is 0 Å². The predicted octanol–water partition coefficient (Wildman–Crippen LogP) is 2.14. The fourth-order valence-corrected chi connectivity index (χ4v) is 4.35. The number of nitrogens with two attached hydrogens (primary N) is 1. The van der Waals surface area contributed by atoms with Gasteiger partial charge in [0, 0.05) is 38.5 Å². The summed E-state index contributed by atoms with van der Waals surface area (Å²) >= 11 is 0. The topological polar surface area (TPSA) is 89.2 Å². The van der Waals surface area contributed by atoms with E-state index in [1.54, 1.807) is 0 Å². The summed E-state index contributed by atoms with van der Waals surface area (Å²) in [5, 5.41) is 4.18. The van der Waals surface area contributed by atoms with Crippen molar-refractivity contribution in [3.05, 3.63) is 17.3 Å². The summed E-state index contributed by atoms with van der Waals surface area (Å²) in [4.78, 5) is 16.0. The molecule has 0 saturated carbocycles. The van der Waals surface area contributed by atoms with Gasteiger partial charge < -0.3 is 20.7 Å². The van der Waals surface area contributed by atoms with Crippen molar-refractivity contribution in [1.29, 1.82) is 0 Å². The Hall–Kier alpha value is -1.99. The molecule has 4 rings (SSSR count). The Labute approximate surface area is 154 Å². The van der Waals surface area contributed by atoms with Gasteiger partial charge in [-0.05, 0) is 56.7 Å². The maximum atomic E-state index is 6.14. The van der Waals surface area contributed by atoms with Crippen LogP contribution in [0.15, 0.2) is 6.07 Å². The first-order valence-electron chi connectivity index (χ1n) is 9.50. The van der Waals surface area contributed by atoms with E-state index in [2.05, 4.69) is 25.2 Å². The van der Waals surface area contributed by atoms with E-state index in [1.165, 1.54) is 32.4 Å². The van der Waals surface area contributed by atoms with Crippen molar-refractivity contribution in [2.45, 2.75) is 33.1 Å². The molecule has 0 atom stereocenters. The van der Waals surface area contributed by atoms with Crippen molar-refractivity contribution in [3.63, 3.8) is 0 Å². The molecule has 7 heteroatoms. The number of pyridine rings is 1. The summed E-state index contributed by atoms with van der Waals surface area (Å²) in [7, 11) is 0. The van der Waals surface area contributed by atoms with Crippen LogP contribution in [0.1, 0.15) is 30.5 Å². The predicted molar refractivity (Wildman–Crippen MR) is 103 cm³/mol. The molecule has 1 spiro atoms. The molecule has 2 aliphatic rings. The number of aromatic nitrogens is 3. The van der Waals surface area contributed by atoms with Crippen LogP contribution in [-0.2, 0) is 4.74 Å². The molecule has 2 fully saturated rings. The highest BCUT2D eigenvalue weighted by Gasteiger charge is 2.38. The summed E-state index contributed by atoms with van der Waals surface area (Å²) in [6.07, 6.45) is 3.69. The smallest absolute Gasteiger partial charge is 0.226 e. The van der Waals surface area contributed by atoms with Crippen LogP contribution in [0.25, 0.3) is 11.0 Å². The highest BCUT2D eigenvalue weighted by atomic mass is 16.5. The number of ether oxygens (including phenoxy) is 1. The molecule has 2 saturated heterocycles. The largest absolute Gasteiger partial charge is 0.383 e. The van der Waals surface area contributed by atoms with Crippen LogP contribution in [0, 0.1) is 19.3 Å². The molecule has 0 bridgehead atoms. The number of nitrogens with one attached hydrogen (secondary N) is 1. The Morgan fingerprint density at radius 1 is 1.19 bits per heavy atom. The molecular formula is C19H28N6O. The van der Waals surface area contributed by atoms with Crippen molar-refractivity contribution < 1.29 is 4.74 Å². The molecule has 7 nitrogen and oxygen atoms in total. The van der Waals surface area contributed by atoms with Crippen LogP contribution in [0.3, 0.4) is 0 Å². The Morgan fingerprint density at radius 3 is 2.81 bits per heavy atom. The molecule has 3 N–H and O–H groups in total. The average molecular weight is 356 g/mol. The summed E-state index contributed by atoms with van der Waals surface area (Å²) in [6, 6.07) is 2.01. The number of rotatable bonds is 4. The second kappa shape index (κ2) is 6.96. The van der Waals surface area contributed by atoms with Crippen molar-refractivity contribution in [3.8, 4) is 0 Å². The second-order valence-corrected chi connectivity index (χ2v) is 7.78. The van der Waals surface area contributed by atoms with Crippen LogP contribution >= 0.6 is 0 Å². The number of likely N-dealkylation sites (tertiary alicyclic amines) is 1. The number of aryl methyl sites for hydroxylation is 2. The third kappa shape index (κ3) is 3.46. The van der Waals surface area contributed by atoms with E-state index in [0.29, 0.717) is 22.8 Å². The summed E-state index contributed by atoms with van der Waals surface area (Å²) in [5.74, 6) is 1.05. The highest BCUT2D eigenvalue weighted by molar-refractivity contribution is 5.89. The first-order chi connectivity index (χ1) is 12.5. The average Bonchev–Trinajstić information content (AvgIpc) is 2.97. The molecule has 26 heavy (non-hydrogen) atoms. The van der Waals surface area contributed by atoms with Crippen LogP contribution in [-0.4, -0.2) is 59.2 Å². The molecule has 0 aromatic carbocycles. The SMILES string of the molecule is Cc1cc(C)c2c(N)nc(NCCN3CCC4(CCOCC4)C3)nc2n1. The third-order valence-corrected chi connectivity index (χ3v) is 5.80. The Kier molecular flexibility index (Phi) is 4.67. The van der Waals surface area contributed by atoms with E-state index in [9.17, 15) is 0 Å². The van der Waals surface area contributed by atoms with Gasteiger partial charge >= 0.3 is 0 Å². The van der Waals surface area contributed by atoms with Crippen LogP contribution in [0.4, 0.5) is 11.8 Å². The second-order valence-electron chi connectivity index (χ2n) is 7.78. The van der Waals surface area contributed by atoms with Gasteiger partial charge in [-0.25, -0.2) is 4.98 Å². The maximum Gasteiger partial charge on any atom is 0.226 e. The Bertz CT molecular complexity index is 802. The Morgan fingerprint density at radius 2 is 2.00 bits per heavy atom. The van der Waals surface area contributed by atoms with Crippen molar-refractivity contribution in [2.75, 3.05) is 50.4 Å². The third-order valence-electron chi connectivity index (χ3n) is 5.80. The lowest BCUT2D eigenvalue weighted by Gasteiger charge is -2.33. The van der Waals surface area contributed by atoms with Crippen molar-refractivity contribution in [2.24, 2.45) is 5.41 Å². The molecule has 0 unspecified atom stereocenters. The zero-order chi connectivity index (χ0) is 18.1. The lowest BCUT2D eigenvalue weighted by atomic mass is 9.80. The molecule has 4 heterocycles. The number of nitrogen functional groups attached to an aromatic ring is 1. The fraction of sp³-hybridized carbons (Fsp3) is 0.632. The van der Waals surface area contributed by atoms with Gasteiger partial charge in [-0.3, -0.25) is 0 Å². The van der Waals surface area contributed by atoms with Gasteiger partial charge in [0.15, 0.2) is 5.65 Å².